The van der Waals surface area contributed by atoms with E-state index in [2.05, 4.69) is 33.8 Å². The Bertz CT molecular complexity index is 889. The molecule has 0 bridgehead atoms. The minimum absolute atomic E-state index is 0.00602. The predicted molar refractivity (Wildman–Crippen MR) is 129 cm³/mol. The summed E-state index contributed by atoms with van der Waals surface area (Å²) in [6, 6.07) is 0. The highest BCUT2D eigenvalue weighted by Crippen LogP contribution is 2.72. The first-order valence-corrected chi connectivity index (χ1v) is 13.9. The first kappa shape index (κ1) is 23.5. The van der Waals surface area contributed by atoms with Crippen LogP contribution < -0.4 is 0 Å². The monoisotopic (exact) mass is 472 g/mol. The van der Waals surface area contributed by atoms with Crippen LogP contribution in [-0.2, 0) is 19.0 Å². The molecule has 3 saturated carbocycles. The average molecular weight is 473 g/mol. The molecule has 5 nitrogen and oxygen atoms in total. The van der Waals surface area contributed by atoms with Gasteiger partial charge in [0.25, 0.3) is 0 Å². The molecular weight excluding hydrogens is 428 g/mol. The van der Waals surface area contributed by atoms with E-state index in [-0.39, 0.29) is 34.9 Å². The second-order valence-corrected chi connectivity index (χ2v) is 13.3. The Balaban J connectivity index is 1.27. The lowest BCUT2D eigenvalue weighted by atomic mass is 9.46. The number of fused-ring (bicyclic) bond motifs is 7. The Hall–Kier alpha value is -0.910. The van der Waals surface area contributed by atoms with Crippen molar-refractivity contribution in [2.75, 3.05) is 6.61 Å². The fourth-order valence-electron chi connectivity index (χ4n) is 9.90. The van der Waals surface area contributed by atoms with Gasteiger partial charge in [-0.3, -0.25) is 4.79 Å². The summed E-state index contributed by atoms with van der Waals surface area (Å²) in [7, 11) is 0. The van der Waals surface area contributed by atoms with Crippen molar-refractivity contribution in [3.8, 4) is 0 Å². The second kappa shape index (κ2) is 7.55. The van der Waals surface area contributed by atoms with Crippen molar-refractivity contribution in [3.63, 3.8) is 0 Å². The molecule has 2 heterocycles. The van der Waals surface area contributed by atoms with E-state index in [1.807, 2.05) is 0 Å². The molecular formula is C29H44O5. The quantitative estimate of drug-likeness (QED) is 0.409. The van der Waals surface area contributed by atoms with Gasteiger partial charge < -0.3 is 19.3 Å². The van der Waals surface area contributed by atoms with Crippen LogP contribution in [0.2, 0.25) is 0 Å². The number of carbonyl (C=O) groups is 1. The standard InChI is InChI=1S/C29H44O5/c1-17-8-13-28(32-16-17)18(2)29(31)25(34-28)15-24-22-7-6-20-14-21(33-19(3)30)9-11-26(20,4)23(22)10-12-27(24,29)5/h6,17-18,21-25,31H,7-16H2,1-5H3/t17-,18+,21+,22+,23-,24-,25-,26+,27+,28+,29+/m1/s1. The molecule has 1 N–H and O–H groups in total. The molecule has 0 unspecified atom stereocenters. The highest BCUT2D eigenvalue weighted by molar-refractivity contribution is 5.66. The minimum atomic E-state index is -0.818. The summed E-state index contributed by atoms with van der Waals surface area (Å²) >= 11 is 0. The third-order valence-electron chi connectivity index (χ3n) is 11.9. The van der Waals surface area contributed by atoms with Crippen LogP contribution in [0.15, 0.2) is 11.6 Å². The van der Waals surface area contributed by atoms with Gasteiger partial charge in [-0.1, -0.05) is 39.3 Å². The van der Waals surface area contributed by atoms with Gasteiger partial charge in [0.05, 0.1) is 12.7 Å². The van der Waals surface area contributed by atoms with Gasteiger partial charge in [-0.05, 0) is 74.0 Å². The second-order valence-electron chi connectivity index (χ2n) is 13.3. The molecule has 5 heteroatoms. The summed E-state index contributed by atoms with van der Waals surface area (Å²) in [6.45, 7) is 11.5. The molecule has 0 amide bonds. The van der Waals surface area contributed by atoms with E-state index in [1.54, 1.807) is 0 Å². The molecule has 190 valence electrons. The number of carbonyl (C=O) groups excluding carboxylic acids is 1. The molecule has 4 aliphatic carbocycles. The van der Waals surface area contributed by atoms with E-state index >= 15 is 0 Å². The highest BCUT2D eigenvalue weighted by Gasteiger charge is 2.76. The zero-order chi connectivity index (χ0) is 24.1. The van der Waals surface area contributed by atoms with Crippen LogP contribution in [0.25, 0.3) is 0 Å². The van der Waals surface area contributed by atoms with E-state index in [1.165, 1.54) is 12.5 Å². The highest BCUT2D eigenvalue weighted by atomic mass is 16.7. The SMILES string of the molecule is CC(=O)O[C@H]1CC[C@@]2(C)C(=CC[C@H]3[C@H]2CC[C@@]2(C)[C@@H]3C[C@H]3O[C@@]4(CC[C@@H](C)CO4)[C@H](C)[C@]32O)C1. The van der Waals surface area contributed by atoms with Gasteiger partial charge in [-0.2, -0.15) is 0 Å². The maximum atomic E-state index is 12.5. The normalized spacial score (nSPS) is 56.2. The summed E-state index contributed by atoms with van der Waals surface area (Å²) < 4.78 is 18.7. The smallest absolute Gasteiger partial charge is 0.302 e. The van der Waals surface area contributed by atoms with E-state index in [0.717, 1.165) is 64.4 Å². The molecule has 6 aliphatic rings. The molecule has 2 aliphatic heterocycles. The van der Waals surface area contributed by atoms with E-state index in [0.29, 0.717) is 23.7 Å². The van der Waals surface area contributed by atoms with Crippen molar-refractivity contribution in [2.45, 2.75) is 116 Å². The van der Waals surface area contributed by atoms with Crippen LogP contribution in [-0.4, -0.2) is 41.3 Å². The van der Waals surface area contributed by atoms with Crippen molar-refractivity contribution in [1.29, 1.82) is 0 Å². The summed E-state index contributed by atoms with van der Waals surface area (Å²) in [5.41, 5.74) is 0.753. The molecule has 2 saturated heterocycles. The summed E-state index contributed by atoms with van der Waals surface area (Å²) in [5, 5.41) is 12.5. The Kier molecular flexibility index (Phi) is 5.22. The van der Waals surface area contributed by atoms with E-state index in [9.17, 15) is 9.90 Å². The largest absolute Gasteiger partial charge is 0.462 e. The number of hydrogen-bond donors (Lipinski definition) is 1. The summed E-state index contributed by atoms with van der Waals surface area (Å²) in [5.74, 6) is 1.50. The van der Waals surface area contributed by atoms with E-state index < -0.39 is 11.4 Å². The number of ether oxygens (including phenoxy) is 3. The molecule has 0 radical (unpaired) electrons. The van der Waals surface area contributed by atoms with Gasteiger partial charge in [0.2, 0.25) is 0 Å². The maximum absolute atomic E-state index is 12.5. The Morgan fingerprint density at radius 1 is 1.12 bits per heavy atom. The molecule has 34 heavy (non-hydrogen) atoms. The van der Waals surface area contributed by atoms with Crippen molar-refractivity contribution in [3.05, 3.63) is 11.6 Å². The molecule has 0 aromatic rings. The fraction of sp³-hybridized carbons (Fsp3) is 0.897. The third kappa shape index (κ3) is 2.93. The van der Waals surface area contributed by atoms with Crippen molar-refractivity contribution >= 4 is 5.97 Å². The maximum Gasteiger partial charge on any atom is 0.302 e. The van der Waals surface area contributed by atoms with Gasteiger partial charge >= 0.3 is 5.97 Å². The third-order valence-corrected chi connectivity index (χ3v) is 11.9. The topological polar surface area (TPSA) is 65.0 Å². The number of aliphatic hydroxyl groups is 1. The van der Waals surface area contributed by atoms with E-state index in [4.69, 9.17) is 14.2 Å². The van der Waals surface area contributed by atoms with Crippen LogP contribution in [0.3, 0.4) is 0 Å². The van der Waals surface area contributed by atoms with Gasteiger partial charge in [0.1, 0.15) is 11.7 Å². The molecule has 6 rings (SSSR count). The van der Waals surface area contributed by atoms with Crippen molar-refractivity contribution in [2.24, 2.45) is 40.4 Å². The van der Waals surface area contributed by atoms with Crippen molar-refractivity contribution in [1.82, 2.24) is 0 Å². The summed E-state index contributed by atoms with van der Waals surface area (Å²) in [4.78, 5) is 11.5. The lowest BCUT2D eigenvalue weighted by Gasteiger charge is -2.59. The number of allylic oxidation sites excluding steroid dienone is 1. The van der Waals surface area contributed by atoms with Gasteiger partial charge in [-0.25, -0.2) is 0 Å². The lowest BCUT2D eigenvalue weighted by molar-refractivity contribution is -0.274. The Labute approximate surface area is 205 Å². The molecule has 5 fully saturated rings. The lowest BCUT2D eigenvalue weighted by Crippen LogP contribution is -2.59. The first-order valence-electron chi connectivity index (χ1n) is 13.9. The van der Waals surface area contributed by atoms with Crippen LogP contribution in [0.4, 0.5) is 0 Å². The summed E-state index contributed by atoms with van der Waals surface area (Å²) in [6.07, 6.45) is 11.6. The first-order chi connectivity index (χ1) is 16.0. The van der Waals surface area contributed by atoms with Crippen LogP contribution in [0, 0.1) is 40.4 Å². The zero-order valence-corrected chi connectivity index (χ0v) is 21.8. The van der Waals surface area contributed by atoms with Crippen molar-refractivity contribution < 1.29 is 24.1 Å². The van der Waals surface area contributed by atoms with Gasteiger partial charge in [0, 0.05) is 31.1 Å². The molecule has 1 spiro atoms. The minimum Gasteiger partial charge on any atom is -0.462 e. The molecule has 0 aromatic carbocycles. The number of hydrogen-bond acceptors (Lipinski definition) is 5. The zero-order valence-electron chi connectivity index (χ0n) is 21.8. The van der Waals surface area contributed by atoms with Gasteiger partial charge in [0.15, 0.2) is 5.79 Å². The average Bonchev–Trinajstić information content (AvgIpc) is 3.14. The Morgan fingerprint density at radius 2 is 1.91 bits per heavy atom. The van der Waals surface area contributed by atoms with Crippen LogP contribution in [0.1, 0.15) is 92.4 Å². The molecule has 11 atom stereocenters. The predicted octanol–water partition coefficient (Wildman–Crippen LogP) is 5.40. The number of rotatable bonds is 1. The van der Waals surface area contributed by atoms with Crippen LogP contribution in [0.5, 0.6) is 0 Å². The fourth-order valence-corrected chi connectivity index (χ4v) is 9.90. The number of esters is 1. The van der Waals surface area contributed by atoms with Crippen LogP contribution >= 0.6 is 0 Å². The molecule has 0 aromatic heterocycles. The van der Waals surface area contributed by atoms with Gasteiger partial charge in [-0.15, -0.1) is 0 Å². The Morgan fingerprint density at radius 3 is 2.62 bits per heavy atom.